The largest absolute Gasteiger partial charge is 0.344 e. The Morgan fingerprint density at radius 2 is 1.72 bits per heavy atom. The van der Waals surface area contributed by atoms with E-state index in [1.807, 2.05) is 63.9 Å². The predicted molar refractivity (Wildman–Crippen MR) is 146 cm³/mol. The zero-order valence-electron chi connectivity index (χ0n) is 21.5. The van der Waals surface area contributed by atoms with E-state index in [0.29, 0.717) is 44.2 Å². The summed E-state index contributed by atoms with van der Waals surface area (Å²) in [5, 5.41) is 9.48. The van der Waals surface area contributed by atoms with E-state index in [-0.39, 0.29) is 11.9 Å². The van der Waals surface area contributed by atoms with Crippen LogP contribution >= 0.6 is 22.6 Å². The van der Waals surface area contributed by atoms with Gasteiger partial charge < -0.3 is 15.5 Å². The van der Waals surface area contributed by atoms with Crippen molar-refractivity contribution in [2.75, 3.05) is 31.5 Å². The molecule has 4 rings (SSSR count). The van der Waals surface area contributed by atoms with Crippen LogP contribution in [-0.2, 0) is 15.8 Å². The molecule has 2 N–H and O–H groups in total. The molecule has 2 aliphatic heterocycles. The van der Waals surface area contributed by atoms with Crippen LogP contribution in [-0.4, -0.2) is 74.7 Å². The van der Waals surface area contributed by atoms with Crippen molar-refractivity contribution < 1.29 is 14.4 Å². The second-order valence-corrected chi connectivity index (χ2v) is 11.1. The van der Waals surface area contributed by atoms with Gasteiger partial charge in [0.05, 0.1) is 17.9 Å². The highest BCUT2D eigenvalue weighted by Gasteiger charge is 2.39. The molecule has 0 saturated carbocycles. The van der Waals surface area contributed by atoms with Crippen molar-refractivity contribution in [3.05, 3.63) is 47.0 Å². The van der Waals surface area contributed by atoms with Crippen molar-refractivity contribution in [2.45, 2.75) is 51.6 Å². The van der Waals surface area contributed by atoms with Gasteiger partial charge in [0, 0.05) is 36.3 Å². The number of hydrogen-bond donors (Lipinski definition) is 2. The van der Waals surface area contributed by atoms with Crippen LogP contribution in [0.15, 0.2) is 24.3 Å². The van der Waals surface area contributed by atoms with E-state index in [4.69, 9.17) is 0 Å². The van der Waals surface area contributed by atoms with Crippen molar-refractivity contribution in [1.82, 2.24) is 29.8 Å². The zero-order chi connectivity index (χ0) is 26.2. The summed E-state index contributed by atoms with van der Waals surface area (Å²) in [5.74, 6) is 0.578. The van der Waals surface area contributed by atoms with Crippen molar-refractivity contribution in [3.8, 4) is 0 Å². The first kappa shape index (κ1) is 26.4. The molecule has 1 saturated heterocycles. The summed E-state index contributed by atoms with van der Waals surface area (Å²) in [6.07, 6.45) is 0. The van der Waals surface area contributed by atoms with Gasteiger partial charge in [0.15, 0.2) is 0 Å². The number of carbonyl (C=O) groups excluding carboxylic acids is 3. The van der Waals surface area contributed by atoms with Gasteiger partial charge in [0.2, 0.25) is 5.91 Å². The number of urea groups is 1. The molecule has 0 radical (unpaired) electrons. The predicted octanol–water partition coefficient (Wildman–Crippen LogP) is 3.51. The van der Waals surface area contributed by atoms with Gasteiger partial charge in [-0.15, -0.1) is 0 Å². The minimum Gasteiger partial charge on any atom is -0.338 e. The summed E-state index contributed by atoms with van der Waals surface area (Å²) in [5.41, 5.74) is 3.16. The molecule has 4 amide bonds. The van der Waals surface area contributed by atoms with Crippen LogP contribution in [0.2, 0.25) is 0 Å². The molecule has 0 spiro atoms. The summed E-state index contributed by atoms with van der Waals surface area (Å²) >= 11 is 2.29. The van der Waals surface area contributed by atoms with E-state index < -0.39 is 17.5 Å². The van der Waals surface area contributed by atoms with Gasteiger partial charge in [-0.25, -0.2) is 24.1 Å². The van der Waals surface area contributed by atoms with Gasteiger partial charge in [-0.2, -0.15) is 0 Å². The fourth-order valence-corrected chi connectivity index (χ4v) is 5.17. The van der Waals surface area contributed by atoms with Crippen LogP contribution in [0.3, 0.4) is 0 Å². The van der Waals surface area contributed by atoms with E-state index in [9.17, 15) is 14.4 Å². The van der Waals surface area contributed by atoms with E-state index in [1.54, 1.807) is 14.5 Å². The lowest BCUT2D eigenvalue weighted by Gasteiger charge is -2.41. The molecule has 1 fully saturated rings. The Hall–Kier alpha value is -2.67. The van der Waals surface area contributed by atoms with E-state index in [1.165, 1.54) is 5.56 Å². The van der Waals surface area contributed by atoms with Crippen LogP contribution in [0.1, 0.15) is 43.5 Å². The fourth-order valence-electron chi connectivity index (χ4n) is 4.66. The maximum atomic E-state index is 13.5. The van der Waals surface area contributed by atoms with Crippen molar-refractivity contribution in [3.63, 3.8) is 0 Å². The van der Waals surface area contributed by atoms with E-state index >= 15 is 0 Å². The average molecular weight is 607 g/mol. The van der Waals surface area contributed by atoms with Crippen molar-refractivity contribution in [1.29, 1.82) is 0 Å². The summed E-state index contributed by atoms with van der Waals surface area (Å²) in [6.45, 7) is 12.1. The molecule has 2 aliphatic rings. The maximum Gasteiger partial charge on any atom is 0.344 e. The Kier molecular flexibility index (Phi) is 7.60. The van der Waals surface area contributed by atoms with Crippen LogP contribution in [0.5, 0.6) is 0 Å². The maximum absolute atomic E-state index is 13.5. The van der Waals surface area contributed by atoms with Gasteiger partial charge >= 0.3 is 12.1 Å². The minimum absolute atomic E-state index is 0.0969. The number of hydrogen-bond acceptors (Lipinski definition) is 5. The summed E-state index contributed by atoms with van der Waals surface area (Å²) in [7, 11) is 0. The molecule has 194 valence electrons. The highest BCUT2D eigenvalue weighted by Crippen LogP contribution is 2.26. The number of imidazole rings is 1. The first-order chi connectivity index (χ1) is 17.0. The molecule has 1 aromatic heterocycles. The summed E-state index contributed by atoms with van der Waals surface area (Å²) < 4.78 is 2.56. The van der Waals surface area contributed by atoms with E-state index in [0.717, 1.165) is 15.8 Å². The van der Waals surface area contributed by atoms with Gasteiger partial charge in [-0.05, 0) is 37.0 Å². The number of halogens is 1. The lowest BCUT2D eigenvalue weighted by molar-refractivity contribution is -0.139. The second-order valence-electron chi connectivity index (χ2n) is 10.4. The zero-order valence-corrected chi connectivity index (χ0v) is 23.6. The molecular formula is C25H34IN7O3. The Bertz CT molecular complexity index is 1150. The summed E-state index contributed by atoms with van der Waals surface area (Å²) in [4.78, 5) is 45.4. The molecule has 1 atom stereocenters. The molecular weight excluding hydrogens is 573 g/mol. The fraction of sp³-hybridized carbons (Fsp3) is 0.520. The number of rotatable bonds is 5. The number of hydrazine groups is 1. The third kappa shape index (κ3) is 5.36. The molecule has 3 heterocycles. The highest BCUT2D eigenvalue weighted by molar-refractivity contribution is 14.1. The smallest absolute Gasteiger partial charge is 0.338 e. The number of piperazine rings is 1. The number of anilines is 1. The quantitative estimate of drug-likeness (QED) is 0.400. The number of fused-ring (bicyclic) bond motifs is 1. The molecule has 10 nitrogen and oxygen atoms in total. The van der Waals surface area contributed by atoms with Crippen LogP contribution in [0.25, 0.3) is 0 Å². The Morgan fingerprint density at radius 1 is 1.08 bits per heavy atom. The number of nitrogens with one attached hydrogen (secondary N) is 2. The topological polar surface area (TPSA) is 103 Å². The van der Waals surface area contributed by atoms with Gasteiger partial charge in [0.25, 0.3) is 0 Å². The number of benzene rings is 1. The van der Waals surface area contributed by atoms with Gasteiger partial charge in [-0.3, -0.25) is 9.80 Å². The van der Waals surface area contributed by atoms with Crippen LogP contribution < -0.4 is 10.6 Å². The minimum atomic E-state index is -0.691. The normalized spacial score (nSPS) is 17.2. The first-order valence-electron chi connectivity index (χ1n) is 12.1. The van der Waals surface area contributed by atoms with Crippen molar-refractivity contribution in [2.24, 2.45) is 5.41 Å². The van der Waals surface area contributed by atoms with Crippen LogP contribution in [0.4, 0.5) is 15.3 Å². The van der Waals surface area contributed by atoms with Gasteiger partial charge in [-0.1, -0.05) is 55.5 Å². The first-order valence-corrected chi connectivity index (χ1v) is 13.6. The Labute approximate surface area is 225 Å². The molecule has 2 aromatic rings. The molecule has 0 unspecified atom stereocenters. The Morgan fingerprint density at radius 3 is 2.28 bits per heavy atom. The number of aryl methyl sites for hydroxylation is 2. The molecule has 36 heavy (non-hydrogen) atoms. The molecule has 1 aromatic carbocycles. The number of amides is 4. The SMILES string of the molecule is Cc1nc(C)n2c1CN(N1CCN(C(=O)[C@H](NC(=O)Nc3ccc(CI)cc3)C(C)(C)C)CC1)C2=O. The molecule has 11 heteroatoms. The summed E-state index contributed by atoms with van der Waals surface area (Å²) in [6, 6.07) is 6.45. The Balaban J connectivity index is 1.36. The molecule has 0 aliphatic carbocycles. The number of aromatic nitrogens is 2. The third-order valence-electron chi connectivity index (χ3n) is 6.72. The molecule has 0 bridgehead atoms. The second kappa shape index (κ2) is 10.4. The van der Waals surface area contributed by atoms with Gasteiger partial charge in [0.1, 0.15) is 11.9 Å². The van der Waals surface area contributed by atoms with Crippen LogP contribution in [0, 0.1) is 19.3 Å². The van der Waals surface area contributed by atoms with Crippen molar-refractivity contribution >= 4 is 46.2 Å². The lowest BCUT2D eigenvalue weighted by Crippen LogP contribution is -2.61. The average Bonchev–Trinajstić information content (AvgIpc) is 3.33. The highest BCUT2D eigenvalue weighted by atomic mass is 127. The monoisotopic (exact) mass is 607 g/mol. The standard InChI is InChI=1S/C25H34IN7O3/c1-16-20-15-32(24(36)33(20)17(2)27-16)31-12-10-30(11-13-31)22(34)21(25(3,4)5)29-23(35)28-19-8-6-18(14-26)7-9-19/h6-9,21H,10-15H2,1-5H3,(H2,28,29,35)/t21-/m0/s1. The number of alkyl halides is 1. The van der Waals surface area contributed by atoms with E-state index in [2.05, 4.69) is 38.2 Å². The third-order valence-corrected chi connectivity index (χ3v) is 7.60. The number of nitrogens with zero attached hydrogens (tertiary/aromatic N) is 5. The lowest BCUT2D eigenvalue weighted by atomic mass is 9.85. The number of carbonyl (C=O) groups is 3.